The fraction of sp³-hybridized carbons (Fsp3) is 0.182. The van der Waals surface area contributed by atoms with Crippen LogP contribution in [0.4, 0.5) is 5.69 Å². The number of hydrogen-bond acceptors (Lipinski definition) is 3. The smallest absolute Gasteiger partial charge is 0.346 e. The van der Waals surface area contributed by atoms with Crippen molar-refractivity contribution in [2.75, 3.05) is 5.32 Å². The Morgan fingerprint density at radius 1 is 1.15 bits per heavy atom. The Morgan fingerprint density at radius 3 is 2.48 bits per heavy atom. The molecule has 4 nitrogen and oxygen atoms in total. The number of benzene rings is 2. The molecule has 0 saturated heterocycles. The first kappa shape index (κ1) is 17.5. The molecule has 0 fully saturated rings. The van der Waals surface area contributed by atoms with E-state index in [2.05, 4.69) is 24.4 Å². The molecule has 0 unspecified atom stereocenters. The molecular weight excluding hydrogens is 358 g/mol. The van der Waals surface area contributed by atoms with Crippen molar-refractivity contribution in [3.63, 3.8) is 0 Å². The number of amides is 1. The Kier molecular flexibility index (Phi) is 4.54. The van der Waals surface area contributed by atoms with Crippen LogP contribution in [0, 0.1) is 0 Å². The summed E-state index contributed by atoms with van der Waals surface area (Å²) in [4.78, 5) is 25.5. The van der Waals surface area contributed by atoms with E-state index in [9.17, 15) is 14.7 Å². The minimum atomic E-state index is -0.970. The van der Waals surface area contributed by atoms with E-state index in [1.165, 1.54) is 16.9 Å². The maximum atomic E-state index is 12.4. The first-order valence-electron chi connectivity index (χ1n) is 8.92. The van der Waals surface area contributed by atoms with Crippen molar-refractivity contribution in [1.82, 2.24) is 0 Å². The van der Waals surface area contributed by atoms with Gasteiger partial charge in [-0.15, -0.1) is 11.3 Å². The highest BCUT2D eigenvalue weighted by molar-refractivity contribution is 7.15. The molecule has 0 aliphatic carbocycles. The number of carbonyl (C=O) groups is 2. The van der Waals surface area contributed by atoms with Gasteiger partial charge >= 0.3 is 5.97 Å². The monoisotopic (exact) mass is 377 g/mol. The molecule has 2 aromatic carbocycles. The second kappa shape index (κ2) is 7.00. The van der Waals surface area contributed by atoms with E-state index in [4.69, 9.17) is 0 Å². The summed E-state index contributed by atoms with van der Waals surface area (Å²) in [7, 11) is 0. The Labute approximate surface area is 161 Å². The van der Waals surface area contributed by atoms with Crippen LogP contribution in [0.2, 0.25) is 0 Å². The third-order valence-electron chi connectivity index (χ3n) is 4.95. The van der Waals surface area contributed by atoms with Gasteiger partial charge in [0.25, 0.3) is 0 Å². The van der Waals surface area contributed by atoms with Crippen LogP contribution < -0.4 is 5.32 Å². The van der Waals surface area contributed by atoms with Gasteiger partial charge in [-0.05, 0) is 23.1 Å². The van der Waals surface area contributed by atoms with Gasteiger partial charge in [0.2, 0.25) is 5.91 Å². The molecule has 1 aliphatic heterocycles. The Morgan fingerprint density at radius 2 is 1.85 bits per heavy atom. The van der Waals surface area contributed by atoms with E-state index in [0.717, 1.165) is 22.4 Å². The molecule has 3 aromatic rings. The fourth-order valence-corrected chi connectivity index (χ4v) is 4.82. The summed E-state index contributed by atoms with van der Waals surface area (Å²) in [5.41, 5.74) is 4.33. The molecule has 1 amide bonds. The first-order valence-corrected chi connectivity index (χ1v) is 9.74. The highest BCUT2D eigenvalue weighted by atomic mass is 32.1. The zero-order valence-electron chi connectivity index (χ0n) is 14.9. The van der Waals surface area contributed by atoms with Crippen molar-refractivity contribution in [2.24, 2.45) is 0 Å². The topological polar surface area (TPSA) is 66.4 Å². The molecule has 0 spiro atoms. The van der Waals surface area contributed by atoms with Gasteiger partial charge in [-0.25, -0.2) is 4.79 Å². The molecular formula is C22H19NO3S. The van der Waals surface area contributed by atoms with Gasteiger partial charge in [0.1, 0.15) is 4.88 Å². The minimum Gasteiger partial charge on any atom is -0.477 e. The van der Waals surface area contributed by atoms with Crippen LogP contribution in [-0.2, 0) is 11.2 Å². The molecule has 0 bridgehead atoms. The molecule has 0 radical (unpaired) electrons. The quantitative estimate of drug-likeness (QED) is 0.661. The number of nitrogens with one attached hydrogen (secondary N) is 1. The van der Waals surface area contributed by atoms with Crippen molar-refractivity contribution in [3.8, 4) is 11.1 Å². The van der Waals surface area contributed by atoms with Crippen molar-refractivity contribution < 1.29 is 14.7 Å². The number of carboxylic acid groups (broad SMARTS) is 1. The Hall–Kier alpha value is -2.92. The molecule has 5 heteroatoms. The number of anilines is 1. The molecule has 136 valence electrons. The van der Waals surface area contributed by atoms with Gasteiger partial charge in [0.05, 0.1) is 5.69 Å². The molecule has 2 N–H and O–H groups in total. The second-order valence-corrected chi connectivity index (χ2v) is 7.67. The average molecular weight is 377 g/mol. The van der Waals surface area contributed by atoms with Gasteiger partial charge in [-0.1, -0.05) is 61.5 Å². The SMILES string of the molecule is CCc1ccc([C@H]2CC(=O)Nc3c2sc(C(=O)O)c3-c2ccccc2)cc1. The van der Waals surface area contributed by atoms with Crippen molar-refractivity contribution in [1.29, 1.82) is 0 Å². The van der Waals surface area contributed by atoms with Crippen LogP contribution >= 0.6 is 11.3 Å². The summed E-state index contributed by atoms with van der Waals surface area (Å²) in [5.74, 6) is -1.18. The maximum Gasteiger partial charge on any atom is 0.346 e. The first-order chi connectivity index (χ1) is 13.1. The van der Waals surface area contributed by atoms with E-state index in [0.29, 0.717) is 17.7 Å². The molecule has 2 heterocycles. The van der Waals surface area contributed by atoms with E-state index in [1.807, 2.05) is 42.5 Å². The van der Waals surface area contributed by atoms with Crippen molar-refractivity contribution in [2.45, 2.75) is 25.7 Å². The molecule has 1 aliphatic rings. The number of carbonyl (C=O) groups excluding carboxylic acids is 1. The molecule has 0 saturated carbocycles. The number of carboxylic acids is 1. The maximum absolute atomic E-state index is 12.4. The molecule has 27 heavy (non-hydrogen) atoms. The third kappa shape index (κ3) is 3.15. The highest BCUT2D eigenvalue weighted by Crippen LogP contribution is 2.49. The summed E-state index contributed by atoms with van der Waals surface area (Å²) in [6.07, 6.45) is 1.28. The van der Waals surface area contributed by atoms with Crippen LogP contribution in [-0.4, -0.2) is 17.0 Å². The lowest BCUT2D eigenvalue weighted by Gasteiger charge is -2.24. The van der Waals surface area contributed by atoms with Gasteiger partial charge in [0, 0.05) is 22.8 Å². The largest absolute Gasteiger partial charge is 0.477 e. The number of aromatic carboxylic acids is 1. The summed E-state index contributed by atoms with van der Waals surface area (Å²) in [6.45, 7) is 2.10. The van der Waals surface area contributed by atoms with Crippen LogP contribution in [0.3, 0.4) is 0 Å². The predicted molar refractivity (Wildman–Crippen MR) is 108 cm³/mol. The lowest BCUT2D eigenvalue weighted by Crippen LogP contribution is -2.22. The number of fused-ring (bicyclic) bond motifs is 1. The van der Waals surface area contributed by atoms with Crippen LogP contribution in [0.15, 0.2) is 54.6 Å². The summed E-state index contributed by atoms with van der Waals surface area (Å²) in [6, 6.07) is 17.6. The third-order valence-corrected chi connectivity index (χ3v) is 6.24. The summed E-state index contributed by atoms with van der Waals surface area (Å²) >= 11 is 1.27. The Balaban J connectivity index is 1.89. The minimum absolute atomic E-state index is 0.0843. The van der Waals surface area contributed by atoms with Gasteiger partial charge in [0.15, 0.2) is 0 Å². The van der Waals surface area contributed by atoms with Crippen LogP contribution in [0.1, 0.15) is 44.9 Å². The van der Waals surface area contributed by atoms with Crippen LogP contribution in [0.25, 0.3) is 11.1 Å². The standard InChI is InChI=1S/C22H19NO3S/c1-2-13-8-10-14(11-9-13)16-12-17(24)23-19-18(15-6-4-3-5-7-15)21(22(25)26)27-20(16)19/h3-11,16H,2,12H2,1H3,(H,23,24)(H,25,26)/t16-/m1/s1. The fourth-order valence-electron chi connectivity index (χ4n) is 3.57. The lowest BCUT2D eigenvalue weighted by atomic mass is 9.88. The predicted octanol–water partition coefficient (Wildman–Crippen LogP) is 5.15. The van der Waals surface area contributed by atoms with Gasteiger partial charge in [-0.3, -0.25) is 4.79 Å². The Bertz CT molecular complexity index is 1010. The van der Waals surface area contributed by atoms with Crippen LogP contribution in [0.5, 0.6) is 0 Å². The number of rotatable bonds is 4. The number of aryl methyl sites for hydroxylation is 1. The van der Waals surface area contributed by atoms with Crippen molar-refractivity contribution in [3.05, 3.63) is 75.5 Å². The zero-order valence-corrected chi connectivity index (χ0v) is 15.7. The van der Waals surface area contributed by atoms with E-state index < -0.39 is 5.97 Å². The highest BCUT2D eigenvalue weighted by Gasteiger charge is 2.34. The normalized spacial score (nSPS) is 15.9. The van der Waals surface area contributed by atoms with E-state index in [-0.39, 0.29) is 16.7 Å². The van der Waals surface area contributed by atoms with Gasteiger partial charge in [-0.2, -0.15) is 0 Å². The van der Waals surface area contributed by atoms with E-state index in [1.54, 1.807) is 0 Å². The molecule has 1 atom stereocenters. The molecule has 4 rings (SSSR count). The zero-order chi connectivity index (χ0) is 19.0. The molecule has 1 aromatic heterocycles. The summed E-state index contributed by atoms with van der Waals surface area (Å²) in [5, 5.41) is 12.7. The van der Waals surface area contributed by atoms with E-state index >= 15 is 0 Å². The number of hydrogen-bond donors (Lipinski definition) is 2. The lowest BCUT2D eigenvalue weighted by molar-refractivity contribution is -0.116. The average Bonchev–Trinajstić information content (AvgIpc) is 3.07. The van der Waals surface area contributed by atoms with Gasteiger partial charge < -0.3 is 10.4 Å². The number of thiophene rings is 1. The second-order valence-electron chi connectivity index (χ2n) is 6.62. The summed E-state index contributed by atoms with van der Waals surface area (Å²) < 4.78 is 0. The van der Waals surface area contributed by atoms with Crippen molar-refractivity contribution >= 4 is 28.9 Å².